The summed E-state index contributed by atoms with van der Waals surface area (Å²) in [6, 6.07) is 12.5. The van der Waals surface area contributed by atoms with E-state index in [0.29, 0.717) is 0 Å². The fourth-order valence-electron chi connectivity index (χ4n) is 3.74. The summed E-state index contributed by atoms with van der Waals surface area (Å²) in [5.41, 5.74) is 1.08. The summed E-state index contributed by atoms with van der Waals surface area (Å²) in [6.45, 7) is 5.18. The van der Waals surface area contributed by atoms with Crippen molar-refractivity contribution in [2.45, 2.75) is 42.9 Å². The van der Waals surface area contributed by atoms with Crippen molar-refractivity contribution in [2.24, 2.45) is 0 Å². The maximum Gasteiger partial charge on any atom is 0.202 e. The van der Waals surface area contributed by atoms with Gasteiger partial charge in [-0.1, -0.05) is 24.6 Å². The molecule has 29 heavy (non-hydrogen) atoms. The summed E-state index contributed by atoms with van der Waals surface area (Å²) in [5.74, 6) is 0.979. The second-order valence-corrected chi connectivity index (χ2v) is 9.45. The van der Waals surface area contributed by atoms with Gasteiger partial charge in [0, 0.05) is 16.0 Å². The normalized spacial score (nSPS) is 15.2. The molecule has 0 amide bonds. The summed E-state index contributed by atoms with van der Waals surface area (Å²) in [7, 11) is 0. The van der Waals surface area contributed by atoms with E-state index in [0.717, 1.165) is 51.5 Å². The number of nitrogens with zero attached hydrogens (tertiary/aromatic N) is 6. The lowest BCUT2D eigenvalue weighted by Crippen LogP contribution is -2.30. The van der Waals surface area contributed by atoms with Gasteiger partial charge in [0.05, 0.1) is 6.54 Å². The molecule has 0 N–H and O–H groups in total. The van der Waals surface area contributed by atoms with Gasteiger partial charge in [-0.2, -0.15) is 0 Å². The molecule has 0 unspecified atom stereocenters. The smallest absolute Gasteiger partial charge is 0.202 e. The Balaban J connectivity index is 1.53. The van der Waals surface area contributed by atoms with Crippen LogP contribution in [0.15, 0.2) is 52.9 Å². The van der Waals surface area contributed by atoms with E-state index in [-0.39, 0.29) is 0 Å². The zero-order chi connectivity index (χ0) is 19.6. The number of likely N-dealkylation sites (tertiary alicyclic amines) is 1. The van der Waals surface area contributed by atoms with Crippen molar-refractivity contribution in [1.82, 2.24) is 29.6 Å². The molecule has 148 valence electrons. The molecule has 1 aromatic carbocycles. The van der Waals surface area contributed by atoms with Crippen LogP contribution in [0.3, 0.4) is 0 Å². The predicted octanol–water partition coefficient (Wildman–Crippen LogP) is 4.72. The van der Waals surface area contributed by atoms with Crippen LogP contribution in [0.25, 0.3) is 15.9 Å². The Kier molecular flexibility index (Phi) is 5.30. The fraction of sp³-hybridized carbons (Fsp3) is 0.333. The highest BCUT2D eigenvalue weighted by atomic mass is 32.2. The average Bonchev–Trinajstić information content (AvgIpc) is 3.32. The Morgan fingerprint density at radius 1 is 1.03 bits per heavy atom. The first kappa shape index (κ1) is 18.7. The molecule has 1 saturated heterocycles. The molecule has 4 heterocycles. The first-order valence-electron chi connectivity index (χ1n) is 9.89. The third-order valence-corrected chi connectivity index (χ3v) is 7.06. The summed E-state index contributed by atoms with van der Waals surface area (Å²) >= 11 is 3.25. The molecule has 1 aliphatic heterocycles. The lowest BCUT2D eigenvalue weighted by Gasteiger charge is -2.26. The minimum Gasteiger partial charge on any atom is -0.296 e. The zero-order valence-electron chi connectivity index (χ0n) is 16.3. The van der Waals surface area contributed by atoms with Crippen LogP contribution in [0, 0.1) is 6.92 Å². The third-order valence-electron chi connectivity index (χ3n) is 5.13. The van der Waals surface area contributed by atoms with Crippen LogP contribution in [0.1, 0.15) is 30.0 Å². The van der Waals surface area contributed by atoms with Crippen molar-refractivity contribution in [3.63, 3.8) is 0 Å². The lowest BCUT2D eigenvalue weighted by atomic mass is 10.1. The number of rotatable bonds is 5. The van der Waals surface area contributed by atoms with Crippen molar-refractivity contribution in [3.8, 4) is 5.69 Å². The van der Waals surface area contributed by atoms with Gasteiger partial charge in [0.25, 0.3) is 0 Å². The number of fused-ring (bicyclic) bond motifs is 1. The highest BCUT2D eigenvalue weighted by Gasteiger charge is 2.20. The Hall–Kier alpha value is -2.29. The summed E-state index contributed by atoms with van der Waals surface area (Å²) in [5, 5.41) is 12.0. The Bertz CT molecular complexity index is 1110. The van der Waals surface area contributed by atoms with Gasteiger partial charge in [0.2, 0.25) is 5.16 Å². The standard InChI is InChI=1S/C21H22N6S2/c1-15-12-17-19(28-15)22-14-23-20(17)29-21-25-24-18(13-26-10-6-3-7-11-26)27(21)16-8-4-2-5-9-16/h2,4-5,8-9,12,14H,3,6-7,10-11,13H2,1H3. The molecule has 5 rings (SSSR count). The van der Waals surface area contributed by atoms with Crippen LogP contribution in [-0.2, 0) is 6.54 Å². The molecule has 0 spiro atoms. The molecule has 0 saturated carbocycles. The van der Waals surface area contributed by atoms with Crippen molar-refractivity contribution in [3.05, 3.63) is 53.4 Å². The maximum atomic E-state index is 4.58. The average molecular weight is 423 g/mol. The van der Waals surface area contributed by atoms with Crippen molar-refractivity contribution < 1.29 is 0 Å². The molecule has 0 aliphatic carbocycles. The number of hydrogen-bond acceptors (Lipinski definition) is 7. The number of para-hydroxylation sites is 1. The molecule has 3 aromatic heterocycles. The first-order chi connectivity index (χ1) is 14.3. The fourth-order valence-corrected chi connectivity index (χ4v) is 5.58. The van der Waals surface area contributed by atoms with Crippen molar-refractivity contribution in [2.75, 3.05) is 13.1 Å². The van der Waals surface area contributed by atoms with E-state index in [2.05, 4.69) is 66.9 Å². The van der Waals surface area contributed by atoms with Crippen LogP contribution in [-0.4, -0.2) is 42.7 Å². The van der Waals surface area contributed by atoms with Crippen LogP contribution in [0.2, 0.25) is 0 Å². The summed E-state index contributed by atoms with van der Waals surface area (Å²) in [6.07, 6.45) is 5.49. The van der Waals surface area contributed by atoms with Crippen LogP contribution in [0.5, 0.6) is 0 Å². The first-order valence-corrected chi connectivity index (χ1v) is 11.5. The number of aromatic nitrogens is 5. The number of hydrogen-bond donors (Lipinski definition) is 0. The largest absolute Gasteiger partial charge is 0.296 e. The van der Waals surface area contributed by atoms with Crippen molar-refractivity contribution in [1.29, 1.82) is 0 Å². The Morgan fingerprint density at radius 3 is 2.69 bits per heavy atom. The number of benzene rings is 1. The monoisotopic (exact) mass is 422 g/mol. The Labute approximate surface area is 178 Å². The van der Waals surface area contributed by atoms with E-state index in [4.69, 9.17) is 0 Å². The van der Waals surface area contributed by atoms with Crippen molar-refractivity contribution >= 4 is 33.3 Å². The van der Waals surface area contributed by atoms with E-state index >= 15 is 0 Å². The van der Waals surface area contributed by atoms with Gasteiger partial charge in [-0.15, -0.1) is 21.5 Å². The second-order valence-electron chi connectivity index (χ2n) is 7.26. The topological polar surface area (TPSA) is 59.7 Å². The van der Waals surface area contributed by atoms with E-state index < -0.39 is 0 Å². The second kappa shape index (κ2) is 8.22. The van der Waals surface area contributed by atoms with Gasteiger partial charge in [-0.25, -0.2) is 9.97 Å². The summed E-state index contributed by atoms with van der Waals surface area (Å²) in [4.78, 5) is 13.7. The zero-order valence-corrected chi connectivity index (χ0v) is 17.9. The minimum atomic E-state index is 0.819. The minimum absolute atomic E-state index is 0.819. The van der Waals surface area contributed by atoms with Gasteiger partial charge in [0.15, 0.2) is 5.82 Å². The molecule has 0 radical (unpaired) electrons. The molecular weight excluding hydrogens is 400 g/mol. The SMILES string of the molecule is Cc1cc2c(Sc3nnc(CN4CCCCC4)n3-c3ccccc3)ncnc2s1. The molecule has 1 fully saturated rings. The Morgan fingerprint density at radius 2 is 1.86 bits per heavy atom. The lowest BCUT2D eigenvalue weighted by molar-refractivity contribution is 0.214. The predicted molar refractivity (Wildman–Crippen MR) is 117 cm³/mol. The van der Waals surface area contributed by atoms with Crippen LogP contribution < -0.4 is 0 Å². The number of thiophene rings is 1. The molecule has 4 aromatic rings. The summed E-state index contributed by atoms with van der Waals surface area (Å²) < 4.78 is 2.17. The van der Waals surface area contributed by atoms with E-state index in [1.165, 1.54) is 24.1 Å². The highest BCUT2D eigenvalue weighted by molar-refractivity contribution is 7.99. The van der Waals surface area contributed by atoms with E-state index in [1.807, 2.05) is 6.07 Å². The molecule has 6 nitrogen and oxygen atoms in total. The molecular formula is C21H22N6S2. The molecule has 1 aliphatic rings. The van der Waals surface area contributed by atoms with E-state index in [9.17, 15) is 0 Å². The van der Waals surface area contributed by atoms with Crippen LogP contribution in [0.4, 0.5) is 0 Å². The number of piperidine rings is 1. The van der Waals surface area contributed by atoms with E-state index in [1.54, 1.807) is 29.4 Å². The van der Waals surface area contributed by atoms with Gasteiger partial charge in [-0.05, 0) is 62.8 Å². The highest BCUT2D eigenvalue weighted by Crippen LogP contribution is 2.35. The van der Waals surface area contributed by atoms with Crippen LogP contribution >= 0.6 is 23.1 Å². The van der Waals surface area contributed by atoms with Gasteiger partial charge in [0.1, 0.15) is 16.2 Å². The third kappa shape index (κ3) is 3.92. The maximum absolute atomic E-state index is 4.58. The molecule has 0 bridgehead atoms. The van der Waals surface area contributed by atoms with Gasteiger partial charge < -0.3 is 0 Å². The molecule has 0 atom stereocenters. The van der Waals surface area contributed by atoms with Gasteiger partial charge >= 0.3 is 0 Å². The quantitative estimate of drug-likeness (QED) is 0.434. The van der Waals surface area contributed by atoms with Gasteiger partial charge in [-0.3, -0.25) is 9.47 Å². The number of aryl methyl sites for hydroxylation is 1. The molecule has 8 heteroatoms.